The first-order chi connectivity index (χ1) is 15.7. The third-order valence-corrected chi connectivity index (χ3v) is 7.61. The maximum Gasteiger partial charge on any atom is 0.0562 e. The van der Waals surface area contributed by atoms with Crippen molar-refractivity contribution in [3.63, 3.8) is 0 Å². The molecule has 0 saturated carbocycles. The van der Waals surface area contributed by atoms with E-state index in [0.717, 1.165) is 26.0 Å². The van der Waals surface area contributed by atoms with E-state index in [-0.39, 0.29) is 0 Å². The van der Waals surface area contributed by atoms with E-state index in [1.165, 1.54) is 43.7 Å². The van der Waals surface area contributed by atoms with Crippen molar-refractivity contribution in [1.82, 2.24) is 4.57 Å². The Morgan fingerprint density at radius 2 is 1.44 bits per heavy atom. The average molecular weight is 540 g/mol. The van der Waals surface area contributed by atoms with Crippen LogP contribution in [-0.4, -0.2) is 4.57 Å². The van der Waals surface area contributed by atoms with Crippen LogP contribution < -0.4 is 5.32 Å². The molecule has 0 amide bonds. The first kappa shape index (κ1) is 18.5. The predicted molar refractivity (Wildman–Crippen MR) is 142 cm³/mol. The van der Waals surface area contributed by atoms with E-state index in [2.05, 4.69) is 133 Å². The monoisotopic (exact) mass is 538 g/mol. The van der Waals surface area contributed by atoms with E-state index in [0.29, 0.717) is 0 Å². The van der Waals surface area contributed by atoms with Crippen LogP contribution in [0.2, 0.25) is 0 Å². The van der Waals surface area contributed by atoms with Crippen LogP contribution in [0.3, 0.4) is 0 Å². The largest absolute Gasteiger partial charge is 0.354 e. The lowest BCUT2D eigenvalue weighted by molar-refractivity contribution is 1.18. The molecule has 2 heterocycles. The Hall–Kier alpha value is -3.08. The van der Waals surface area contributed by atoms with E-state index >= 15 is 0 Å². The van der Waals surface area contributed by atoms with Crippen molar-refractivity contribution in [3.8, 4) is 16.8 Å². The third-order valence-electron chi connectivity index (χ3n) is 6.43. The number of hydrogen-bond donors (Lipinski definition) is 1. The molecule has 2 nitrogen and oxygen atoms in total. The lowest BCUT2D eigenvalue weighted by Crippen LogP contribution is -2.02. The van der Waals surface area contributed by atoms with Crippen LogP contribution in [0.25, 0.3) is 49.4 Å². The number of para-hydroxylation sites is 1. The molecule has 0 fully saturated rings. The molecule has 0 bridgehead atoms. The zero-order chi connectivity index (χ0) is 21.4. The van der Waals surface area contributed by atoms with Gasteiger partial charge in [-0.15, -0.1) is 0 Å². The molecule has 4 heteroatoms. The highest BCUT2D eigenvalue weighted by molar-refractivity contribution is 9.11. The Morgan fingerprint density at radius 3 is 2.31 bits per heavy atom. The highest BCUT2D eigenvalue weighted by Crippen LogP contribution is 2.48. The number of aromatic nitrogens is 1. The van der Waals surface area contributed by atoms with Gasteiger partial charge < -0.3 is 9.88 Å². The molecule has 1 aromatic heterocycles. The molecular formula is C28H16Br2N2. The summed E-state index contributed by atoms with van der Waals surface area (Å²) in [4.78, 5) is 0. The number of rotatable bonds is 1. The van der Waals surface area contributed by atoms with Gasteiger partial charge in [0.25, 0.3) is 0 Å². The van der Waals surface area contributed by atoms with Gasteiger partial charge in [0, 0.05) is 47.7 Å². The quantitative estimate of drug-likeness (QED) is 0.220. The summed E-state index contributed by atoms with van der Waals surface area (Å²) in [5, 5.41) is 8.70. The summed E-state index contributed by atoms with van der Waals surface area (Å²) in [7, 11) is 0. The van der Waals surface area contributed by atoms with Crippen molar-refractivity contribution in [2.45, 2.75) is 0 Å². The van der Waals surface area contributed by atoms with Gasteiger partial charge in [-0.25, -0.2) is 0 Å². The van der Waals surface area contributed by atoms with Gasteiger partial charge in [-0.05, 0) is 65.5 Å². The summed E-state index contributed by atoms with van der Waals surface area (Å²) in [6.07, 6.45) is 0. The minimum absolute atomic E-state index is 1.09. The van der Waals surface area contributed by atoms with Crippen molar-refractivity contribution < 1.29 is 0 Å². The minimum Gasteiger partial charge on any atom is -0.354 e. The van der Waals surface area contributed by atoms with Crippen molar-refractivity contribution in [3.05, 3.63) is 99.9 Å². The molecule has 0 aliphatic carbocycles. The standard InChI is InChI=1S/C28H16Br2N2/c29-16-9-12-26-21(13-16)22-14-20-18-10-11-23(30)19-7-4-8-24(28(18)19)31-25(20)15-27(22)32(26)17-5-2-1-3-6-17/h1-15,31H. The molecule has 5 aromatic carbocycles. The lowest BCUT2D eigenvalue weighted by atomic mass is 9.91. The number of benzene rings is 5. The van der Waals surface area contributed by atoms with Gasteiger partial charge in [-0.1, -0.05) is 68.3 Å². The summed E-state index contributed by atoms with van der Waals surface area (Å²) in [5.41, 5.74) is 8.36. The Bertz CT molecular complexity index is 1720. The number of hydrogen-bond acceptors (Lipinski definition) is 1. The van der Waals surface area contributed by atoms with Crippen LogP contribution in [0.5, 0.6) is 0 Å². The summed E-state index contributed by atoms with van der Waals surface area (Å²) in [6, 6.07) is 32.6. The van der Waals surface area contributed by atoms with E-state index < -0.39 is 0 Å². The van der Waals surface area contributed by atoms with Crippen LogP contribution in [0.4, 0.5) is 11.4 Å². The lowest BCUT2D eigenvalue weighted by Gasteiger charge is -2.23. The van der Waals surface area contributed by atoms with Crippen LogP contribution in [-0.2, 0) is 0 Å². The molecule has 32 heavy (non-hydrogen) atoms. The molecule has 152 valence electrons. The van der Waals surface area contributed by atoms with Crippen molar-refractivity contribution in [2.75, 3.05) is 5.32 Å². The fraction of sp³-hybridized carbons (Fsp3) is 0. The van der Waals surface area contributed by atoms with Crippen LogP contribution in [0, 0.1) is 0 Å². The fourth-order valence-electron chi connectivity index (χ4n) is 5.06. The second-order valence-electron chi connectivity index (χ2n) is 8.20. The number of halogens is 2. The predicted octanol–water partition coefficient (Wildman–Crippen LogP) is 9.19. The van der Waals surface area contributed by atoms with Gasteiger partial charge in [-0.2, -0.15) is 0 Å². The Morgan fingerprint density at radius 1 is 0.594 bits per heavy atom. The van der Waals surface area contributed by atoms with Crippen molar-refractivity contribution >= 4 is 75.8 Å². The topological polar surface area (TPSA) is 17.0 Å². The Balaban J connectivity index is 1.63. The molecule has 1 aliphatic rings. The van der Waals surface area contributed by atoms with Crippen molar-refractivity contribution in [1.29, 1.82) is 0 Å². The maximum absolute atomic E-state index is 3.73. The molecule has 1 aliphatic heterocycles. The number of nitrogens with zero attached hydrogens (tertiary/aromatic N) is 1. The van der Waals surface area contributed by atoms with Crippen LogP contribution in [0.15, 0.2) is 99.9 Å². The smallest absolute Gasteiger partial charge is 0.0562 e. The molecule has 0 atom stereocenters. The minimum atomic E-state index is 1.09. The highest BCUT2D eigenvalue weighted by atomic mass is 79.9. The summed E-state index contributed by atoms with van der Waals surface area (Å²) >= 11 is 7.42. The maximum atomic E-state index is 3.73. The summed E-state index contributed by atoms with van der Waals surface area (Å²) < 4.78 is 4.56. The van der Waals surface area contributed by atoms with Crippen molar-refractivity contribution in [2.24, 2.45) is 0 Å². The zero-order valence-corrected chi connectivity index (χ0v) is 20.0. The van der Waals surface area contributed by atoms with Gasteiger partial charge in [0.2, 0.25) is 0 Å². The Kier molecular flexibility index (Phi) is 3.88. The summed E-state index contributed by atoms with van der Waals surface area (Å²) in [5.74, 6) is 0. The average Bonchev–Trinajstić information content (AvgIpc) is 3.12. The number of anilines is 2. The molecule has 7 rings (SSSR count). The van der Waals surface area contributed by atoms with Gasteiger partial charge >= 0.3 is 0 Å². The van der Waals surface area contributed by atoms with E-state index in [4.69, 9.17) is 0 Å². The molecule has 0 unspecified atom stereocenters. The zero-order valence-electron chi connectivity index (χ0n) is 16.9. The number of nitrogens with one attached hydrogen (secondary N) is 1. The fourth-order valence-corrected chi connectivity index (χ4v) is 5.89. The third kappa shape index (κ3) is 2.51. The SMILES string of the molecule is Brc1ccc2c(c1)c1cc3c(cc1n2-c1ccccc1)Nc1cccc2c(Br)ccc-3c12. The molecule has 6 aromatic rings. The molecular weight excluding hydrogens is 524 g/mol. The molecule has 1 N–H and O–H groups in total. The first-order valence-corrected chi connectivity index (χ1v) is 12.1. The second-order valence-corrected chi connectivity index (χ2v) is 9.97. The number of fused-ring (bicyclic) bond motifs is 5. The van der Waals surface area contributed by atoms with E-state index in [1.54, 1.807) is 0 Å². The molecule has 0 spiro atoms. The van der Waals surface area contributed by atoms with E-state index in [1.807, 2.05) is 0 Å². The van der Waals surface area contributed by atoms with Gasteiger partial charge in [0.05, 0.1) is 11.0 Å². The van der Waals surface area contributed by atoms with Crippen LogP contribution >= 0.6 is 31.9 Å². The van der Waals surface area contributed by atoms with Crippen LogP contribution in [0.1, 0.15) is 0 Å². The van der Waals surface area contributed by atoms with Gasteiger partial charge in [0.1, 0.15) is 0 Å². The van der Waals surface area contributed by atoms with Gasteiger partial charge in [0.15, 0.2) is 0 Å². The van der Waals surface area contributed by atoms with Gasteiger partial charge in [-0.3, -0.25) is 0 Å². The second kappa shape index (κ2) is 6.71. The molecule has 0 radical (unpaired) electrons. The normalized spacial score (nSPS) is 12.3. The Labute approximate surface area is 201 Å². The highest BCUT2D eigenvalue weighted by Gasteiger charge is 2.22. The van der Waals surface area contributed by atoms with E-state index in [9.17, 15) is 0 Å². The molecule has 0 saturated heterocycles. The first-order valence-electron chi connectivity index (χ1n) is 10.5. The summed E-state index contributed by atoms with van der Waals surface area (Å²) in [6.45, 7) is 0.